The molecule has 0 amide bonds. The van der Waals surface area contributed by atoms with E-state index in [2.05, 4.69) is 10.9 Å². The van der Waals surface area contributed by atoms with Gasteiger partial charge in [-0.3, -0.25) is 0 Å². The van der Waals surface area contributed by atoms with Crippen LogP contribution in [-0.2, 0) is 6.18 Å². The summed E-state index contributed by atoms with van der Waals surface area (Å²) in [6, 6.07) is 64.3. The van der Waals surface area contributed by atoms with Crippen molar-refractivity contribution in [2.75, 3.05) is 0 Å². The first-order valence-corrected chi connectivity index (χ1v) is 22.0. The number of para-hydroxylation sites is 1. The lowest BCUT2D eigenvalue weighted by Gasteiger charge is -2.22. The third-order valence-corrected chi connectivity index (χ3v) is 12.1. The Bertz CT molecular complexity index is 3580. The van der Waals surface area contributed by atoms with E-state index in [0.29, 0.717) is 67.7 Å². The molecule has 11 rings (SSSR count). The number of nitriles is 1. The number of rotatable bonds is 8. The average Bonchev–Trinajstić information content (AvgIpc) is 3.74. The van der Waals surface area contributed by atoms with E-state index < -0.39 is 11.7 Å². The standard InChI is InChI=1S/C59H34F3N7/c1-64-51-30-37(36-63)26-28-44(51)42-27-29-55-46(31-42)45-24-14-15-25-54(45)69(55)56-47(52-34-49(38-16-6-2-7-17-38)65-57(67-52)40-20-10-4-11-21-40)32-43(59(60,61)62)33-48(56)53-35-50(39-18-8-3-9-19-39)66-58(68-53)41-22-12-5-13-23-41/h2-35H. The zero-order chi connectivity index (χ0) is 47.1. The van der Waals surface area contributed by atoms with Crippen LogP contribution in [0, 0.1) is 17.9 Å². The average molecular weight is 898 g/mol. The summed E-state index contributed by atoms with van der Waals surface area (Å²) in [4.78, 5) is 24.0. The van der Waals surface area contributed by atoms with Crippen molar-refractivity contribution >= 4 is 27.5 Å². The lowest BCUT2D eigenvalue weighted by atomic mass is 9.95. The van der Waals surface area contributed by atoms with E-state index in [4.69, 9.17) is 26.5 Å². The lowest BCUT2D eigenvalue weighted by molar-refractivity contribution is -0.137. The van der Waals surface area contributed by atoms with Gasteiger partial charge >= 0.3 is 6.18 Å². The SMILES string of the molecule is [C-]#[N+]c1cc(C#N)ccc1-c1ccc2c(c1)c1ccccc1n2-c1c(-c2cc(-c3ccccc3)nc(-c3ccccc3)n2)cc(C(F)(F)F)cc1-c1cc(-c2ccccc2)nc(-c2ccccc2)n1. The molecule has 0 unspecified atom stereocenters. The highest BCUT2D eigenvalue weighted by Gasteiger charge is 2.35. The molecule has 7 nitrogen and oxygen atoms in total. The van der Waals surface area contributed by atoms with Gasteiger partial charge in [0.2, 0.25) is 0 Å². The summed E-state index contributed by atoms with van der Waals surface area (Å²) in [5.41, 5.74) is 7.79. The number of hydrogen-bond acceptors (Lipinski definition) is 5. The van der Waals surface area contributed by atoms with Gasteiger partial charge in [-0.2, -0.15) is 18.4 Å². The minimum absolute atomic E-state index is 0.187. The molecule has 3 heterocycles. The summed E-state index contributed by atoms with van der Waals surface area (Å²) >= 11 is 0. The molecule has 0 atom stereocenters. The molecule has 0 N–H and O–H groups in total. The summed E-state index contributed by atoms with van der Waals surface area (Å²) in [6.45, 7) is 7.98. The molecule has 11 aromatic rings. The normalized spacial score (nSPS) is 11.4. The highest BCUT2D eigenvalue weighted by molar-refractivity contribution is 6.12. The van der Waals surface area contributed by atoms with Crippen molar-refractivity contribution in [3.8, 4) is 90.7 Å². The minimum Gasteiger partial charge on any atom is -0.308 e. The van der Waals surface area contributed by atoms with Crippen molar-refractivity contribution in [1.82, 2.24) is 24.5 Å². The summed E-state index contributed by atoms with van der Waals surface area (Å²) in [7, 11) is 0. The fourth-order valence-corrected chi connectivity index (χ4v) is 8.87. The third kappa shape index (κ3) is 7.92. The Balaban J connectivity index is 1.29. The van der Waals surface area contributed by atoms with Gasteiger partial charge in [0, 0.05) is 49.7 Å². The monoisotopic (exact) mass is 897 g/mol. The third-order valence-electron chi connectivity index (χ3n) is 12.1. The first-order valence-electron chi connectivity index (χ1n) is 22.0. The highest BCUT2D eigenvalue weighted by atomic mass is 19.4. The van der Waals surface area contributed by atoms with E-state index in [1.54, 1.807) is 30.3 Å². The zero-order valence-electron chi connectivity index (χ0n) is 36.4. The molecule has 0 bridgehead atoms. The van der Waals surface area contributed by atoms with Crippen molar-refractivity contribution in [2.24, 2.45) is 0 Å². The van der Waals surface area contributed by atoms with Crippen molar-refractivity contribution < 1.29 is 13.2 Å². The van der Waals surface area contributed by atoms with E-state index in [1.807, 2.05) is 168 Å². The van der Waals surface area contributed by atoms with Crippen LogP contribution >= 0.6 is 0 Å². The molecule has 0 aliphatic carbocycles. The summed E-state index contributed by atoms with van der Waals surface area (Å²) in [5.74, 6) is 0.669. The van der Waals surface area contributed by atoms with E-state index in [0.717, 1.165) is 27.5 Å². The largest absolute Gasteiger partial charge is 0.416 e. The number of halogens is 3. The van der Waals surface area contributed by atoms with Gasteiger partial charge in [-0.25, -0.2) is 24.8 Å². The van der Waals surface area contributed by atoms with Gasteiger partial charge in [0.15, 0.2) is 17.3 Å². The van der Waals surface area contributed by atoms with E-state index >= 15 is 13.2 Å². The minimum atomic E-state index is -4.80. The summed E-state index contributed by atoms with van der Waals surface area (Å²) in [5, 5.41) is 11.2. The van der Waals surface area contributed by atoms with Crippen molar-refractivity contribution in [2.45, 2.75) is 6.18 Å². The second kappa shape index (κ2) is 17.4. The number of alkyl halides is 3. The molecule has 0 radical (unpaired) electrons. The fraction of sp³-hybridized carbons (Fsp3) is 0.0169. The van der Waals surface area contributed by atoms with Crippen LogP contribution in [0.25, 0.3) is 111 Å². The molecule has 0 aliphatic rings. The number of fused-ring (bicyclic) bond motifs is 3. The van der Waals surface area contributed by atoms with Crippen LogP contribution in [0.2, 0.25) is 0 Å². The maximum atomic E-state index is 15.7. The lowest BCUT2D eigenvalue weighted by Crippen LogP contribution is -2.10. The molecule has 0 fully saturated rings. The molecule has 0 saturated heterocycles. The Morgan fingerprint density at radius 2 is 0.928 bits per heavy atom. The maximum Gasteiger partial charge on any atom is 0.416 e. The highest BCUT2D eigenvalue weighted by Crippen LogP contribution is 2.46. The zero-order valence-corrected chi connectivity index (χ0v) is 36.4. The maximum absolute atomic E-state index is 15.7. The van der Waals surface area contributed by atoms with Crippen molar-refractivity contribution in [1.29, 1.82) is 5.26 Å². The predicted octanol–water partition coefficient (Wildman–Crippen LogP) is 15.5. The van der Waals surface area contributed by atoms with E-state index in [1.165, 1.54) is 12.1 Å². The topological polar surface area (TPSA) is 84.6 Å². The number of benzene rings is 8. The van der Waals surface area contributed by atoms with Gasteiger partial charge in [-0.1, -0.05) is 152 Å². The van der Waals surface area contributed by atoms with Gasteiger partial charge in [0.1, 0.15) is 0 Å². The predicted molar refractivity (Wildman–Crippen MR) is 266 cm³/mol. The molecule has 0 saturated carbocycles. The number of aromatic nitrogens is 5. The van der Waals surface area contributed by atoms with Crippen LogP contribution in [-0.4, -0.2) is 24.5 Å². The van der Waals surface area contributed by atoms with Gasteiger partial charge in [-0.15, -0.1) is 0 Å². The van der Waals surface area contributed by atoms with Gasteiger partial charge in [-0.05, 0) is 65.7 Å². The van der Waals surface area contributed by atoms with Crippen LogP contribution in [0.5, 0.6) is 0 Å². The fourth-order valence-electron chi connectivity index (χ4n) is 8.87. The second-order valence-electron chi connectivity index (χ2n) is 16.3. The van der Waals surface area contributed by atoms with Gasteiger partial charge < -0.3 is 4.57 Å². The molecule has 326 valence electrons. The van der Waals surface area contributed by atoms with Crippen LogP contribution in [0.1, 0.15) is 11.1 Å². The first kappa shape index (κ1) is 42.1. The Hall–Kier alpha value is -9.51. The van der Waals surface area contributed by atoms with Crippen molar-refractivity contribution in [3.63, 3.8) is 0 Å². The molecule has 0 aliphatic heterocycles. The first-order chi connectivity index (χ1) is 33.7. The molecule has 10 heteroatoms. The van der Waals surface area contributed by atoms with E-state index in [-0.39, 0.29) is 22.5 Å². The molecular weight excluding hydrogens is 864 g/mol. The quantitative estimate of drug-likeness (QED) is 0.142. The Kier molecular flexibility index (Phi) is 10.6. The second-order valence-corrected chi connectivity index (χ2v) is 16.3. The van der Waals surface area contributed by atoms with Gasteiger partial charge in [0.05, 0.1) is 57.7 Å². The van der Waals surface area contributed by atoms with E-state index in [9.17, 15) is 5.26 Å². The Labute approximate surface area is 394 Å². The van der Waals surface area contributed by atoms with Crippen LogP contribution in [0.15, 0.2) is 206 Å². The van der Waals surface area contributed by atoms with Crippen LogP contribution < -0.4 is 0 Å². The number of hydrogen-bond donors (Lipinski definition) is 0. The van der Waals surface area contributed by atoms with Crippen LogP contribution in [0.3, 0.4) is 0 Å². The smallest absolute Gasteiger partial charge is 0.308 e. The summed E-state index contributed by atoms with van der Waals surface area (Å²) in [6.07, 6.45) is -4.80. The molecule has 8 aromatic carbocycles. The molecule has 3 aromatic heterocycles. The number of nitrogens with zero attached hydrogens (tertiary/aromatic N) is 7. The van der Waals surface area contributed by atoms with Gasteiger partial charge in [0.25, 0.3) is 0 Å². The summed E-state index contributed by atoms with van der Waals surface area (Å²) < 4.78 is 49.2. The van der Waals surface area contributed by atoms with Crippen LogP contribution in [0.4, 0.5) is 18.9 Å². The Morgan fingerprint density at radius 3 is 1.43 bits per heavy atom. The molecule has 0 spiro atoms. The Morgan fingerprint density at radius 1 is 0.449 bits per heavy atom. The molecular formula is C59H34F3N7. The molecule has 69 heavy (non-hydrogen) atoms. The van der Waals surface area contributed by atoms with Crippen molar-refractivity contribution in [3.05, 3.63) is 229 Å².